The molecule has 3 atom stereocenters. The summed E-state index contributed by atoms with van der Waals surface area (Å²) in [5.74, 6) is -0.533. The maximum Gasteiger partial charge on any atom is 0.306 e. The van der Waals surface area contributed by atoms with Crippen LogP contribution >= 0.6 is 7.82 Å². The molecule has 10 heteroatoms. The number of esters is 1. The second kappa shape index (κ2) is 68.1. The fourth-order valence-corrected chi connectivity index (χ4v) is 11.7. The summed E-state index contributed by atoms with van der Waals surface area (Å²) in [4.78, 5) is 40.3. The van der Waals surface area contributed by atoms with E-state index in [2.05, 4.69) is 99.0 Å². The summed E-state index contributed by atoms with van der Waals surface area (Å²) in [6, 6.07) is -0.894. The molecule has 0 aromatic heterocycles. The van der Waals surface area contributed by atoms with Gasteiger partial charge >= 0.3 is 5.97 Å². The smallest absolute Gasteiger partial charge is 0.306 e. The monoisotopic (exact) mass is 1270 g/mol. The standard InChI is InChI=1S/C79H145N2O7P/c1-7-10-13-16-19-22-25-28-30-32-34-36-38-39-40-41-43-44-46-48-50-53-56-59-62-65-68-71-78(82)80-76(75-87-89(84,85)86-74-73-81(4,5)6)77(70-67-64-61-58-55-52-27-24-21-18-15-12-9-3)88-79(83)72-69-66-63-60-57-54-51-49-47-45-42-37-35-33-31-29-26-23-20-17-14-11-8-2/h10,13,19,22,28-31,34,36,39-40,67,70,76-77H,7-9,11-12,14-18,20-21,23-27,32-33,35,37-38,41-66,68-69,71-75H2,1-6H3,(H-,80,82,84,85)/b13-10-,22-19-,30-28-,31-29+,36-34-,40-39-,70-67-. The van der Waals surface area contributed by atoms with Gasteiger partial charge in [-0.3, -0.25) is 14.2 Å². The molecule has 0 aromatic carbocycles. The first-order valence-corrected chi connectivity index (χ1v) is 39.4. The first-order valence-electron chi connectivity index (χ1n) is 37.9. The highest BCUT2D eigenvalue weighted by Crippen LogP contribution is 2.38. The molecule has 0 aliphatic carbocycles. The van der Waals surface area contributed by atoms with Gasteiger partial charge in [-0.2, -0.15) is 0 Å². The number of carbonyl (C=O) groups excluding carboxylic acids is 2. The van der Waals surface area contributed by atoms with Gasteiger partial charge in [-0.25, -0.2) is 0 Å². The third-order valence-electron chi connectivity index (χ3n) is 16.8. The molecular formula is C79H145N2O7P. The molecule has 89 heavy (non-hydrogen) atoms. The quantitative estimate of drug-likeness (QED) is 0.0212. The predicted molar refractivity (Wildman–Crippen MR) is 385 cm³/mol. The van der Waals surface area contributed by atoms with Crippen molar-refractivity contribution in [2.24, 2.45) is 0 Å². The van der Waals surface area contributed by atoms with Gasteiger partial charge in [0.25, 0.3) is 7.82 Å². The first kappa shape index (κ1) is 86.2. The number of hydrogen-bond acceptors (Lipinski definition) is 7. The number of phosphoric acid groups is 1. The molecule has 1 N–H and O–H groups in total. The number of carbonyl (C=O) groups is 2. The van der Waals surface area contributed by atoms with E-state index in [1.165, 1.54) is 218 Å². The minimum absolute atomic E-state index is 0.0242. The highest BCUT2D eigenvalue weighted by molar-refractivity contribution is 7.45. The molecule has 0 spiro atoms. The Morgan fingerprint density at radius 2 is 0.719 bits per heavy atom. The molecule has 0 radical (unpaired) electrons. The van der Waals surface area contributed by atoms with Crippen LogP contribution in [0.4, 0.5) is 0 Å². The topological polar surface area (TPSA) is 114 Å². The van der Waals surface area contributed by atoms with E-state index in [-0.39, 0.29) is 31.5 Å². The number of allylic oxidation sites excluding steroid dienone is 13. The maximum absolute atomic E-state index is 13.6. The van der Waals surface area contributed by atoms with Crippen LogP contribution in [-0.2, 0) is 27.9 Å². The Hall–Kier alpha value is -2.81. The molecule has 518 valence electrons. The van der Waals surface area contributed by atoms with Gasteiger partial charge in [-0.1, -0.05) is 324 Å². The second-order valence-corrected chi connectivity index (χ2v) is 28.2. The minimum atomic E-state index is -4.71. The zero-order valence-electron chi connectivity index (χ0n) is 59.4. The number of hydrogen-bond donors (Lipinski definition) is 1. The van der Waals surface area contributed by atoms with Crippen LogP contribution in [0.3, 0.4) is 0 Å². The normalized spacial score (nSPS) is 13.9. The van der Waals surface area contributed by atoms with Crippen LogP contribution in [-0.4, -0.2) is 69.4 Å². The predicted octanol–water partition coefficient (Wildman–Crippen LogP) is 23.8. The molecule has 1 amide bonds. The summed E-state index contributed by atoms with van der Waals surface area (Å²) in [7, 11) is 1.19. The summed E-state index contributed by atoms with van der Waals surface area (Å²) in [6.45, 7) is 6.77. The third-order valence-corrected chi connectivity index (χ3v) is 17.8. The van der Waals surface area contributed by atoms with E-state index < -0.39 is 20.0 Å². The Balaban J connectivity index is 5.03. The van der Waals surface area contributed by atoms with E-state index >= 15 is 0 Å². The van der Waals surface area contributed by atoms with Gasteiger partial charge in [-0.15, -0.1) is 0 Å². The average Bonchev–Trinajstić information content (AvgIpc) is 3.65. The van der Waals surface area contributed by atoms with Crippen molar-refractivity contribution >= 4 is 19.7 Å². The van der Waals surface area contributed by atoms with Crippen LogP contribution in [0.2, 0.25) is 0 Å². The summed E-state index contributed by atoms with van der Waals surface area (Å²) >= 11 is 0. The molecule has 0 aliphatic rings. The Morgan fingerprint density at radius 1 is 0.404 bits per heavy atom. The summed E-state index contributed by atoms with van der Waals surface area (Å²) in [5, 5.41) is 3.05. The molecular weight excluding hydrogens is 1120 g/mol. The Labute approximate surface area is 552 Å². The third kappa shape index (κ3) is 69.4. The van der Waals surface area contributed by atoms with Crippen molar-refractivity contribution in [3.05, 3.63) is 85.1 Å². The number of amides is 1. The van der Waals surface area contributed by atoms with Crippen LogP contribution in [0.1, 0.15) is 355 Å². The SMILES string of the molecule is CC/C=C\C/C=C\C/C=C\C/C=C\C/C=C\CCCCCCCCCCCCCC(=O)NC(COP(=O)([O-])OCC[N+](C)(C)C)C(/C=C\CCCCCCCCCCCCC)OC(=O)CCCCCCCCCCCCCCC/C=C/CCCCCCCC. The van der Waals surface area contributed by atoms with Crippen LogP contribution in [0, 0.1) is 0 Å². The van der Waals surface area contributed by atoms with E-state index in [0.717, 1.165) is 103 Å². The van der Waals surface area contributed by atoms with Gasteiger partial charge in [-0.05, 0) is 102 Å². The Kier molecular flexibility index (Phi) is 65.9. The van der Waals surface area contributed by atoms with Crippen molar-refractivity contribution in [3.63, 3.8) is 0 Å². The van der Waals surface area contributed by atoms with Gasteiger partial charge in [0.1, 0.15) is 19.3 Å². The van der Waals surface area contributed by atoms with Crippen LogP contribution < -0.4 is 10.2 Å². The van der Waals surface area contributed by atoms with Gasteiger partial charge in [0.15, 0.2) is 0 Å². The lowest BCUT2D eigenvalue weighted by Gasteiger charge is -2.30. The molecule has 0 saturated heterocycles. The van der Waals surface area contributed by atoms with Gasteiger partial charge in [0.2, 0.25) is 5.91 Å². The molecule has 3 unspecified atom stereocenters. The number of ether oxygens (including phenoxy) is 1. The second-order valence-electron chi connectivity index (χ2n) is 26.8. The van der Waals surface area contributed by atoms with E-state index in [4.69, 9.17) is 13.8 Å². The summed E-state index contributed by atoms with van der Waals surface area (Å²) in [6.07, 6.45) is 91.4. The van der Waals surface area contributed by atoms with E-state index in [1.807, 2.05) is 33.3 Å². The molecule has 0 heterocycles. The fourth-order valence-electron chi connectivity index (χ4n) is 11.0. The maximum atomic E-state index is 13.6. The molecule has 0 saturated carbocycles. The van der Waals surface area contributed by atoms with Crippen molar-refractivity contribution < 1.29 is 37.3 Å². The van der Waals surface area contributed by atoms with Crippen molar-refractivity contribution in [1.29, 1.82) is 0 Å². The number of quaternary nitrogens is 1. The van der Waals surface area contributed by atoms with E-state index in [1.54, 1.807) is 0 Å². The van der Waals surface area contributed by atoms with Gasteiger partial charge in [0, 0.05) is 12.8 Å². The minimum Gasteiger partial charge on any atom is -0.756 e. The lowest BCUT2D eigenvalue weighted by atomic mass is 10.0. The molecule has 0 bridgehead atoms. The van der Waals surface area contributed by atoms with Crippen molar-refractivity contribution in [2.75, 3.05) is 40.9 Å². The fraction of sp³-hybridized carbons (Fsp3) is 0.797. The number of rotatable bonds is 69. The van der Waals surface area contributed by atoms with E-state index in [0.29, 0.717) is 17.4 Å². The number of phosphoric ester groups is 1. The van der Waals surface area contributed by atoms with Crippen molar-refractivity contribution in [1.82, 2.24) is 5.32 Å². The molecule has 0 aromatic rings. The first-order chi connectivity index (χ1) is 43.4. The molecule has 0 rings (SSSR count). The van der Waals surface area contributed by atoms with Gasteiger partial charge in [0.05, 0.1) is 33.8 Å². The average molecular weight is 1270 g/mol. The number of nitrogens with zero attached hydrogens (tertiary/aromatic N) is 1. The lowest BCUT2D eigenvalue weighted by molar-refractivity contribution is -0.870. The molecule has 0 fully saturated rings. The largest absolute Gasteiger partial charge is 0.756 e. The highest BCUT2D eigenvalue weighted by Gasteiger charge is 2.27. The zero-order chi connectivity index (χ0) is 64.9. The zero-order valence-corrected chi connectivity index (χ0v) is 60.3. The van der Waals surface area contributed by atoms with Crippen LogP contribution in [0.15, 0.2) is 85.1 Å². The summed E-state index contributed by atoms with van der Waals surface area (Å²) in [5.41, 5.74) is 0. The number of unbranched alkanes of at least 4 members (excludes halogenated alkanes) is 41. The Morgan fingerprint density at radius 3 is 1.09 bits per heavy atom. The van der Waals surface area contributed by atoms with Crippen molar-refractivity contribution in [3.8, 4) is 0 Å². The lowest BCUT2D eigenvalue weighted by Crippen LogP contribution is -2.47. The van der Waals surface area contributed by atoms with E-state index in [9.17, 15) is 19.0 Å². The molecule has 0 aliphatic heterocycles. The number of likely N-dealkylation sites (N-methyl/N-ethyl adjacent to an activating group) is 1. The van der Waals surface area contributed by atoms with Crippen molar-refractivity contribution in [2.45, 2.75) is 367 Å². The highest BCUT2D eigenvalue weighted by atomic mass is 31.2. The van der Waals surface area contributed by atoms with Gasteiger partial charge < -0.3 is 28.5 Å². The number of nitrogens with one attached hydrogen (secondary N) is 1. The summed E-state index contributed by atoms with van der Waals surface area (Å²) < 4.78 is 30.5. The van der Waals surface area contributed by atoms with Crippen LogP contribution in [0.25, 0.3) is 0 Å². The molecule has 9 nitrogen and oxygen atoms in total. The Bertz CT molecular complexity index is 1800. The van der Waals surface area contributed by atoms with Crippen LogP contribution in [0.5, 0.6) is 0 Å².